The minimum Gasteiger partial charge on any atom is -0.326 e. The highest BCUT2D eigenvalue weighted by atomic mass is 32.2. The summed E-state index contributed by atoms with van der Waals surface area (Å²) in [5.41, 5.74) is 1.07. The number of rotatable bonds is 5. The Morgan fingerprint density at radius 1 is 1.11 bits per heavy atom. The van der Waals surface area contributed by atoms with E-state index in [1.165, 1.54) is 36.1 Å². The average Bonchev–Trinajstić information content (AvgIpc) is 2.94. The Labute approximate surface area is 162 Å². The van der Waals surface area contributed by atoms with Crippen LogP contribution >= 0.6 is 0 Å². The second-order valence-electron chi connectivity index (χ2n) is 6.46. The van der Waals surface area contributed by atoms with Gasteiger partial charge in [0, 0.05) is 13.5 Å². The van der Waals surface area contributed by atoms with Gasteiger partial charge in [-0.05, 0) is 29.8 Å². The maximum Gasteiger partial charge on any atom is 0.257 e. The van der Waals surface area contributed by atoms with E-state index in [9.17, 15) is 22.8 Å². The molecule has 2 N–H and O–H groups in total. The number of para-hydroxylation sites is 1. The van der Waals surface area contributed by atoms with E-state index in [1.54, 1.807) is 30.3 Å². The fourth-order valence-corrected chi connectivity index (χ4v) is 3.65. The Hall–Kier alpha value is -3.04. The summed E-state index contributed by atoms with van der Waals surface area (Å²) in [7, 11) is -3.82. The molecular formula is C19H19N3O5S. The van der Waals surface area contributed by atoms with Crippen molar-refractivity contribution in [2.24, 2.45) is 5.14 Å². The van der Waals surface area contributed by atoms with Crippen LogP contribution in [0.2, 0.25) is 0 Å². The molecule has 28 heavy (non-hydrogen) atoms. The molecule has 0 saturated carbocycles. The lowest BCUT2D eigenvalue weighted by molar-refractivity contribution is -0.137. The maximum absolute atomic E-state index is 12.9. The highest BCUT2D eigenvalue weighted by Gasteiger charge is 2.43. The smallest absolute Gasteiger partial charge is 0.257 e. The van der Waals surface area contributed by atoms with Crippen molar-refractivity contribution in [2.75, 3.05) is 4.90 Å². The van der Waals surface area contributed by atoms with Crippen molar-refractivity contribution in [1.82, 2.24) is 4.90 Å². The molecule has 0 bridgehead atoms. The Balaban J connectivity index is 1.84. The predicted octanol–water partition coefficient (Wildman–Crippen LogP) is 1.01. The predicted molar refractivity (Wildman–Crippen MR) is 101 cm³/mol. The number of sulfonamides is 1. The van der Waals surface area contributed by atoms with Gasteiger partial charge in [-0.15, -0.1) is 0 Å². The Morgan fingerprint density at radius 2 is 1.71 bits per heavy atom. The largest absolute Gasteiger partial charge is 0.326 e. The van der Waals surface area contributed by atoms with Gasteiger partial charge in [0.15, 0.2) is 0 Å². The van der Waals surface area contributed by atoms with E-state index in [-0.39, 0.29) is 29.7 Å². The SMILES string of the molecule is CC(=O)N(Cc1ccc(S(N)(=O)=O)cc1)[C@@H]1CC(=O)N(c2ccccc2)C1=O. The molecule has 3 rings (SSSR count). The molecule has 1 heterocycles. The van der Waals surface area contributed by atoms with Gasteiger partial charge in [0.1, 0.15) is 6.04 Å². The standard InChI is InChI=1S/C19H19N3O5S/c1-13(23)21(12-14-7-9-16(10-8-14)28(20,26)27)17-11-18(24)22(19(17)25)15-5-3-2-4-6-15/h2-10,17H,11-12H2,1H3,(H2,20,26,27)/t17-/m1/s1. The Morgan fingerprint density at radius 3 is 2.25 bits per heavy atom. The lowest BCUT2D eigenvalue weighted by Crippen LogP contribution is -2.44. The zero-order valence-corrected chi connectivity index (χ0v) is 15.9. The summed E-state index contributed by atoms with van der Waals surface area (Å²) < 4.78 is 22.7. The van der Waals surface area contributed by atoms with Crippen LogP contribution in [-0.2, 0) is 31.0 Å². The van der Waals surface area contributed by atoms with Crippen molar-refractivity contribution in [2.45, 2.75) is 30.8 Å². The summed E-state index contributed by atoms with van der Waals surface area (Å²) >= 11 is 0. The molecule has 0 unspecified atom stereocenters. The number of anilines is 1. The number of carbonyl (C=O) groups excluding carboxylic acids is 3. The van der Waals surface area contributed by atoms with Crippen LogP contribution in [0.5, 0.6) is 0 Å². The summed E-state index contributed by atoms with van der Waals surface area (Å²) in [5, 5.41) is 5.08. The second-order valence-corrected chi connectivity index (χ2v) is 8.02. The number of benzene rings is 2. The molecule has 1 saturated heterocycles. The van der Waals surface area contributed by atoms with Crippen LogP contribution in [0.25, 0.3) is 0 Å². The lowest BCUT2D eigenvalue weighted by atomic mass is 10.1. The molecule has 0 aliphatic carbocycles. The molecule has 8 nitrogen and oxygen atoms in total. The molecule has 3 amide bonds. The zero-order chi connectivity index (χ0) is 20.5. The van der Waals surface area contributed by atoms with Gasteiger partial charge in [-0.3, -0.25) is 14.4 Å². The monoisotopic (exact) mass is 401 g/mol. The van der Waals surface area contributed by atoms with E-state index in [4.69, 9.17) is 5.14 Å². The normalized spacial score (nSPS) is 17.1. The number of primary sulfonamides is 1. The summed E-state index contributed by atoms with van der Waals surface area (Å²) in [5.74, 6) is -1.21. The van der Waals surface area contributed by atoms with Crippen molar-refractivity contribution in [3.8, 4) is 0 Å². The first-order valence-corrected chi connectivity index (χ1v) is 10.0. The van der Waals surface area contributed by atoms with Crippen molar-refractivity contribution in [3.05, 3.63) is 60.2 Å². The molecule has 2 aromatic carbocycles. The van der Waals surface area contributed by atoms with E-state index < -0.39 is 22.0 Å². The van der Waals surface area contributed by atoms with Gasteiger partial charge in [0.05, 0.1) is 17.0 Å². The molecule has 1 atom stereocenters. The van der Waals surface area contributed by atoms with Gasteiger partial charge in [0.2, 0.25) is 21.8 Å². The van der Waals surface area contributed by atoms with E-state index in [0.29, 0.717) is 11.3 Å². The minimum absolute atomic E-state index is 0.0481. The minimum atomic E-state index is -3.82. The third kappa shape index (κ3) is 3.95. The van der Waals surface area contributed by atoms with Gasteiger partial charge < -0.3 is 4.90 Å². The van der Waals surface area contributed by atoms with E-state index in [1.807, 2.05) is 0 Å². The lowest BCUT2D eigenvalue weighted by Gasteiger charge is -2.26. The van der Waals surface area contributed by atoms with E-state index in [0.717, 1.165) is 4.90 Å². The highest BCUT2D eigenvalue weighted by Crippen LogP contribution is 2.26. The average molecular weight is 401 g/mol. The van der Waals surface area contributed by atoms with Crippen LogP contribution in [0.15, 0.2) is 59.5 Å². The number of carbonyl (C=O) groups is 3. The number of hydrogen-bond donors (Lipinski definition) is 1. The highest BCUT2D eigenvalue weighted by molar-refractivity contribution is 7.89. The molecule has 2 aromatic rings. The van der Waals surface area contributed by atoms with Crippen LogP contribution in [0.3, 0.4) is 0 Å². The molecule has 0 radical (unpaired) electrons. The van der Waals surface area contributed by atoms with E-state index in [2.05, 4.69) is 0 Å². The molecule has 9 heteroatoms. The number of imide groups is 1. The first-order valence-electron chi connectivity index (χ1n) is 8.49. The fraction of sp³-hybridized carbons (Fsp3) is 0.211. The Bertz CT molecular complexity index is 1020. The quantitative estimate of drug-likeness (QED) is 0.751. The topological polar surface area (TPSA) is 118 Å². The first kappa shape index (κ1) is 19.7. The van der Waals surface area contributed by atoms with Crippen molar-refractivity contribution in [1.29, 1.82) is 0 Å². The van der Waals surface area contributed by atoms with Gasteiger partial charge in [-0.25, -0.2) is 18.5 Å². The van der Waals surface area contributed by atoms with Gasteiger partial charge >= 0.3 is 0 Å². The number of nitrogens with zero attached hydrogens (tertiary/aromatic N) is 2. The van der Waals surface area contributed by atoms with Gasteiger partial charge in [-0.1, -0.05) is 30.3 Å². The zero-order valence-electron chi connectivity index (χ0n) is 15.1. The third-order valence-electron chi connectivity index (χ3n) is 4.52. The molecule has 1 aliphatic heterocycles. The van der Waals surface area contributed by atoms with Crippen molar-refractivity contribution in [3.63, 3.8) is 0 Å². The first-order chi connectivity index (χ1) is 13.2. The van der Waals surface area contributed by atoms with Gasteiger partial charge in [0.25, 0.3) is 5.91 Å². The summed E-state index contributed by atoms with van der Waals surface area (Å²) in [6, 6.07) is 13.3. The van der Waals surface area contributed by atoms with Crippen LogP contribution in [0.4, 0.5) is 5.69 Å². The van der Waals surface area contributed by atoms with Crippen LogP contribution < -0.4 is 10.0 Å². The molecule has 0 aromatic heterocycles. The molecule has 0 spiro atoms. The van der Waals surface area contributed by atoms with Crippen LogP contribution in [0.1, 0.15) is 18.9 Å². The summed E-state index contributed by atoms with van der Waals surface area (Å²) in [6.45, 7) is 1.38. The fourth-order valence-electron chi connectivity index (χ4n) is 3.13. The summed E-state index contributed by atoms with van der Waals surface area (Å²) in [4.78, 5) is 39.8. The molecule has 1 aliphatic rings. The third-order valence-corrected chi connectivity index (χ3v) is 5.45. The van der Waals surface area contributed by atoms with Crippen molar-refractivity contribution < 1.29 is 22.8 Å². The number of nitrogens with two attached hydrogens (primary N) is 1. The van der Waals surface area contributed by atoms with Gasteiger partial charge in [-0.2, -0.15) is 0 Å². The van der Waals surface area contributed by atoms with Crippen LogP contribution in [0, 0.1) is 0 Å². The van der Waals surface area contributed by atoms with E-state index >= 15 is 0 Å². The second kappa shape index (κ2) is 7.53. The molecule has 1 fully saturated rings. The summed E-state index contributed by atoms with van der Waals surface area (Å²) in [6.07, 6.45) is -0.109. The van der Waals surface area contributed by atoms with Crippen molar-refractivity contribution >= 4 is 33.4 Å². The Kier molecular flexibility index (Phi) is 5.30. The molecule has 146 valence electrons. The molecular weight excluding hydrogens is 382 g/mol. The number of amides is 3. The number of hydrogen-bond acceptors (Lipinski definition) is 5. The van der Waals surface area contributed by atoms with Crippen LogP contribution in [-0.4, -0.2) is 37.1 Å². The maximum atomic E-state index is 12.9.